The molecule has 1 saturated heterocycles. The van der Waals surface area contributed by atoms with E-state index in [0.29, 0.717) is 81.8 Å². The fourth-order valence-electron chi connectivity index (χ4n) is 9.15. The van der Waals surface area contributed by atoms with E-state index in [1.54, 1.807) is 148 Å². The average molecular weight is 1700 g/mol. The van der Waals surface area contributed by atoms with Crippen molar-refractivity contribution in [3.05, 3.63) is 211 Å². The predicted octanol–water partition coefficient (Wildman–Crippen LogP) is 15.1. The molecule has 0 aliphatic carbocycles. The fraction of sp³-hybridized carbons (Fsp3) is 0.364. The van der Waals surface area contributed by atoms with E-state index >= 15 is 0 Å². The number of halogens is 7. The van der Waals surface area contributed by atoms with Gasteiger partial charge < -0.3 is 50.2 Å². The first-order chi connectivity index (χ1) is 48.2. The summed E-state index contributed by atoms with van der Waals surface area (Å²) in [6.07, 6.45) is 12.4. The van der Waals surface area contributed by atoms with Crippen LogP contribution in [0.15, 0.2) is 164 Å². The van der Waals surface area contributed by atoms with E-state index in [0.717, 1.165) is 94.6 Å². The van der Waals surface area contributed by atoms with E-state index in [9.17, 15) is 24.6 Å². The van der Waals surface area contributed by atoms with Gasteiger partial charge in [0.25, 0.3) is 6.47 Å². The minimum absolute atomic E-state index is 0. The molecule has 0 saturated carbocycles. The number of aliphatic carboxylic acids is 1. The van der Waals surface area contributed by atoms with Crippen LogP contribution < -0.4 is 118 Å². The summed E-state index contributed by atoms with van der Waals surface area (Å²) in [5.74, 6) is -0.767. The molecule has 0 amide bonds. The number of benzene rings is 6. The number of ether oxygens (including phenoxy) is 6. The Balaban J connectivity index is -0.00000129. The number of carboxylic acids is 1. The molecular formula is C77H97BrCl6K2N6O14. The van der Waals surface area contributed by atoms with Gasteiger partial charge in [0.2, 0.25) is 12.2 Å². The van der Waals surface area contributed by atoms with Crippen LogP contribution in [0.3, 0.4) is 0 Å². The van der Waals surface area contributed by atoms with Crippen LogP contribution in [0.4, 0.5) is 0 Å². The number of unbranched alkanes of at least 4 members (excludes halogenated alkanes) is 3. The number of phenolic OH excluding ortho intramolecular Hbond substituents is 1. The van der Waals surface area contributed by atoms with Crippen LogP contribution in [-0.4, -0.2) is 97.2 Å². The van der Waals surface area contributed by atoms with Crippen molar-refractivity contribution in [1.82, 2.24) is 29.3 Å². The van der Waals surface area contributed by atoms with Gasteiger partial charge in [0.15, 0.2) is 6.29 Å². The second-order valence-corrected chi connectivity index (χ2v) is 25.2. The summed E-state index contributed by atoms with van der Waals surface area (Å²) < 4.78 is 37.8. The number of hydrogen-bond donors (Lipinski definition) is 2. The van der Waals surface area contributed by atoms with E-state index in [1.165, 1.54) is 0 Å². The van der Waals surface area contributed by atoms with Gasteiger partial charge in [-0.25, -0.2) is 9.59 Å². The van der Waals surface area contributed by atoms with Gasteiger partial charge >= 0.3 is 121 Å². The second-order valence-electron chi connectivity index (χ2n) is 21.6. The maximum absolute atomic E-state index is 12.6. The van der Waals surface area contributed by atoms with Crippen molar-refractivity contribution in [3.63, 3.8) is 0 Å². The van der Waals surface area contributed by atoms with Crippen molar-refractivity contribution in [2.24, 2.45) is 0 Å². The molecule has 1 aliphatic heterocycles. The number of nitrogens with zero attached hydrogens (tertiary/aromatic N) is 6. The monoisotopic (exact) mass is 1700 g/mol. The topological polar surface area (TPSA) is 250 Å². The summed E-state index contributed by atoms with van der Waals surface area (Å²) in [4.78, 5) is 46.6. The smallest absolute Gasteiger partial charge is 1.00 e. The van der Waals surface area contributed by atoms with Crippen molar-refractivity contribution in [2.75, 3.05) is 26.9 Å². The van der Waals surface area contributed by atoms with E-state index in [2.05, 4.69) is 56.9 Å². The molecule has 1 fully saturated rings. The van der Waals surface area contributed by atoms with Crippen LogP contribution in [0.5, 0.6) is 17.2 Å². The first-order valence-corrected chi connectivity index (χ1v) is 35.2. The summed E-state index contributed by atoms with van der Waals surface area (Å²) in [6, 6.07) is 41.5. The number of aromatic nitrogens is 6. The van der Waals surface area contributed by atoms with Gasteiger partial charge in [-0.15, -0.1) is 0 Å². The molecule has 1 aliphatic rings. The molecule has 0 spiro atoms. The number of methoxy groups -OCH3 is 1. The molecule has 10 rings (SSSR count). The number of rotatable bonds is 26. The van der Waals surface area contributed by atoms with Crippen molar-refractivity contribution >= 4 is 110 Å². The third-order valence-corrected chi connectivity index (χ3v) is 16.6. The second kappa shape index (κ2) is 57.6. The number of aromatic hydroxyl groups is 1. The Morgan fingerprint density at radius 3 is 1.25 bits per heavy atom. The van der Waals surface area contributed by atoms with E-state index in [-0.39, 0.29) is 165 Å². The minimum atomic E-state index is -1.18. The number of alkyl halides is 1. The first kappa shape index (κ1) is 104. The molecular weight excluding hydrogens is 1600 g/mol. The summed E-state index contributed by atoms with van der Waals surface area (Å²) in [5.41, 5.74) is 6.15. The molecule has 29 heteroatoms. The van der Waals surface area contributed by atoms with Crippen molar-refractivity contribution < 1.29 is 172 Å². The molecule has 6 aromatic carbocycles. The Hall–Kier alpha value is -4.40. The standard InChI is InChI=1S/C23H24Cl2N2O3.C21H20Cl2N2O3.C13H15ClN2O.C10H10BrClO2.C5H10O2.CH2O3.4CH4.2K.H/c1-3-5-13-27-14-12-20(26-27)19-15-18(25)10-11-21(19)30-22(23(28)29-4-2)16-6-8-17(24)9-7-16;1-2-3-11-25-12-10-18(24-25)17-13-16(23)8-9-19(17)28-20(21(26)27)14-4-6-15(22)7-5-14;1-2-3-7-16-8-6-12(15-16)11-9-10(14)4-5-13(11)17;1-2-14-10(13)9(11)7-3-5-8(12)6-4-7;1-6-5-3-2-4-7-5;2-1-4-3;;;;;;;/h6-12,14-15,22H,3-5,13H2,1-2H3;4-10,12-13,20H,2-3,11H2,1H3,(H,26,27);4-6,8-9,17H,2-3,7H2,1H3;3-6,9H,2H2,1H3;5H,2-4H2,1H3;1,3H;4*1H4;;;/q;;;;;;;;;;2*+1;-1/p-1. The van der Waals surface area contributed by atoms with Crippen LogP contribution in [0, 0.1) is 0 Å². The Morgan fingerprint density at radius 2 is 0.906 bits per heavy atom. The van der Waals surface area contributed by atoms with Gasteiger partial charge in [-0.1, -0.05) is 192 Å². The molecule has 106 heavy (non-hydrogen) atoms. The van der Waals surface area contributed by atoms with Crippen LogP contribution in [-0.2, 0) is 62.6 Å². The molecule has 3 aromatic heterocycles. The normalized spacial score (nSPS) is 12.1. The molecule has 2 N–H and O–H groups in total. The molecule has 4 atom stereocenters. The van der Waals surface area contributed by atoms with Gasteiger partial charge in [0.05, 0.1) is 30.3 Å². The summed E-state index contributed by atoms with van der Waals surface area (Å²) >= 11 is 39.2. The largest absolute Gasteiger partial charge is 1.00 e. The molecule has 20 nitrogen and oxygen atoms in total. The Kier molecular flexibility index (Phi) is 56.4. The maximum Gasteiger partial charge on any atom is 1.00 e. The first-order valence-electron chi connectivity index (χ1n) is 32.0. The number of aryl methyl sites for hydroxylation is 3. The van der Waals surface area contributed by atoms with Gasteiger partial charge in [-0.05, 0) is 154 Å². The summed E-state index contributed by atoms with van der Waals surface area (Å²) in [5, 5.41) is 44.9. The van der Waals surface area contributed by atoms with Crippen LogP contribution in [0.2, 0.25) is 30.1 Å². The summed E-state index contributed by atoms with van der Waals surface area (Å²) in [6.45, 7) is 13.8. The minimum Gasteiger partial charge on any atom is -1.00 e. The zero-order valence-corrected chi connectivity index (χ0v) is 70.4. The van der Waals surface area contributed by atoms with Crippen molar-refractivity contribution in [2.45, 2.75) is 159 Å². The van der Waals surface area contributed by atoms with Gasteiger partial charge in [0, 0.05) is 116 Å². The number of esters is 2. The zero-order chi connectivity index (χ0) is 72.9. The average Bonchev–Trinajstić information content (AvgIpc) is 1.81. The third kappa shape index (κ3) is 36.2. The predicted molar refractivity (Wildman–Crippen MR) is 419 cm³/mol. The van der Waals surface area contributed by atoms with Crippen LogP contribution >= 0.6 is 85.5 Å². The quantitative estimate of drug-likeness (QED) is 0.0128. The van der Waals surface area contributed by atoms with E-state index in [4.69, 9.17) is 108 Å². The maximum atomic E-state index is 12.6. The number of phenols is 1. The molecule has 0 radical (unpaired) electrons. The van der Waals surface area contributed by atoms with Crippen molar-refractivity contribution in [1.29, 1.82) is 0 Å². The SMILES string of the molecule is C.C.C.C.CCCCn1ccc(-c2cc(Cl)ccc2O)n1.CCCCn1ccc(-c2cc(Cl)ccc2OC(C(=O)O)c2ccc(Cl)cc2)n1.CCCCn1ccc(-c2cc(Cl)ccc2OC(C(=O)OCC)c2ccc(Cl)cc2)n1.CCOC(=O)C(Br)c1ccc(Cl)cc1.COC1CCCO1.O=CO[O-].[H-].[K+].[K+]. The van der Waals surface area contributed by atoms with Gasteiger partial charge in [0.1, 0.15) is 22.1 Å². The van der Waals surface area contributed by atoms with Gasteiger partial charge in [-0.3, -0.25) is 23.6 Å². The number of hydrogen-bond acceptors (Lipinski definition) is 16. The van der Waals surface area contributed by atoms with Crippen LogP contribution in [0.1, 0.15) is 151 Å². The van der Waals surface area contributed by atoms with Crippen molar-refractivity contribution in [3.8, 4) is 51.0 Å². The number of carbonyl (C=O) groups is 4. The van der Waals surface area contributed by atoms with E-state index in [1.807, 2.05) is 50.8 Å². The zero-order valence-electron chi connectivity index (χ0n) is 59.0. The third-order valence-electron chi connectivity index (χ3n) is 14.2. The molecule has 4 heterocycles. The molecule has 9 aromatic rings. The number of carboxylic acid groups (broad SMARTS) is 1. The molecule has 570 valence electrons. The number of carbonyl (C=O) groups excluding carboxylic acids is 3. The molecule has 4 unspecified atom stereocenters. The Labute approximate surface area is 749 Å². The van der Waals surface area contributed by atoms with Crippen LogP contribution in [0.25, 0.3) is 33.8 Å². The summed E-state index contributed by atoms with van der Waals surface area (Å²) in [7, 11) is 1.68. The van der Waals surface area contributed by atoms with E-state index < -0.39 is 29.0 Å². The Bertz CT molecular complexity index is 3940. The Morgan fingerprint density at radius 1 is 0.557 bits per heavy atom. The fourth-order valence-corrected chi connectivity index (χ4v) is 10.5. The molecule has 0 bridgehead atoms. The van der Waals surface area contributed by atoms with Gasteiger partial charge in [-0.2, -0.15) is 15.3 Å².